The van der Waals surface area contributed by atoms with Gasteiger partial charge in [0.05, 0.1) is 35.7 Å². The number of piperazine rings is 1. The molecule has 1 N–H and O–H groups in total. The summed E-state index contributed by atoms with van der Waals surface area (Å²) in [6, 6.07) is 15.0. The molecule has 1 fully saturated rings. The first-order chi connectivity index (χ1) is 16.5. The minimum atomic E-state index is -0.112. The van der Waals surface area contributed by atoms with Gasteiger partial charge >= 0.3 is 0 Å². The molecule has 1 aromatic heterocycles. The molecule has 3 aromatic rings. The standard InChI is InChI=1S/C24H25ClN4O3S2/c1-32-19-8-6-17(7-9-19)26-22(30)16-34-24-27-18(15-33-24)14-23(31)29-12-10-28(11-13-29)21-5-3-2-4-20(21)25/h2-9,15H,10-14,16H2,1H3,(H,26,30). The van der Waals surface area contributed by atoms with Gasteiger partial charge in [0.15, 0.2) is 4.34 Å². The van der Waals surface area contributed by atoms with Crippen molar-refractivity contribution < 1.29 is 14.3 Å². The van der Waals surface area contributed by atoms with Crippen molar-refractivity contribution in [3.8, 4) is 5.75 Å². The monoisotopic (exact) mass is 516 g/mol. The lowest BCUT2D eigenvalue weighted by Crippen LogP contribution is -2.49. The summed E-state index contributed by atoms with van der Waals surface area (Å²) in [6.07, 6.45) is 0.265. The number of hydrogen-bond donors (Lipinski definition) is 1. The Morgan fingerprint density at radius 1 is 1.12 bits per heavy atom. The lowest BCUT2D eigenvalue weighted by atomic mass is 10.2. The summed E-state index contributed by atoms with van der Waals surface area (Å²) in [5, 5.41) is 5.47. The van der Waals surface area contributed by atoms with E-state index < -0.39 is 0 Å². The number of anilines is 2. The maximum absolute atomic E-state index is 12.8. The van der Waals surface area contributed by atoms with E-state index in [4.69, 9.17) is 16.3 Å². The first-order valence-electron chi connectivity index (χ1n) is 10.8. The number of ether oxygens (including phenoxy) is 1. The smallest absolute Gasteiger partial charge is 0.234 e. The van der Waals surface area contributed by atoms with Crippen LogP contribution in [0.15, 0.2) is 58.3 Å². The van der Waals surface area contributed by atoms with Crippen molar-refractivity contribution in [1.29, 1.82) is 0 Å². The van der Waals surface area contributed by atoms with Gasteiger partial charge < -0.3 is 19.9 Å². The Bertz CT molecular complexity index is 1130. The highest BCUT2D eigenvalue weighted by Gasteiger charge is 2.23. The lowest BCUT2D eigenvalue weighted by molar-refractivity contribution is -0.130. The zero-order valence-corrected chi connectivity index (χ0v) is 21.1. The number of hydrogen-bond acceptors (Lipinski definition) is 7. The summed E-state index contributed by atoms with van der Waals surface area (Å²) in [4.78, 5) is 33.6. The summed E-state index contributed by atoms with van der Waals surface area (Å²) in [7, 11) is 1.60. The fraction of sp³-hybridized carbons (Fsp3) is 0.292. The average molecular weight is 517 g/mol. The highest BCUT2D eigenvalue weighted by molar-refractivity contribution is 8.01. The van der Waals surface area contributed by atoms with E-state index in [0.29, 0.717) is 18.8 Å². The number of methoxy groups -OCH3 is 1. The molecule has 0 radical (unpaired) electrons. The number of thiazole rings is 1. The molecule has 10 heteroatoms. The molecule has 34 heavy (non-hydrogen) atoms. The minimum Gasteiger partial charge on any atom is -0.497 e. The Hall–Kier alpha value is -2.75. The summed E-state index contributed by atoms with van der Waals surface area (Å²) in [5.74, 6) is 0.939. The van der Waals surface area contributed by atoms with Crippen LogP contribution < -0.4 is 15.0 Å². The van der Waals surface area contributed by atoms with Crippen LogP contribution in [-0.4, -0.2) is 60.7 Å². The van der Waals surface area contributed by atoms with E-state index in [1.165, 1.54) is 23.1 Å². The van der Waals surface area contributed by atoms with Crippen LogP contribution in [0.1, 0.15) is 5.69 Å². The van der Waals surface area contributed by atoms with Crippen LogP contribution in [-0.2, 0) is 16.0 Å². The lowest BCUT2D eigenvalue weighted by Gasteiger charge is -2.36. The van der Waals surface area contributed by atoms with E-state index >= 15 is 0 Å². The van der Waals surface area contributed by atoms with Crippen LogP contribution in [0.5, 0.6) is 5.75 Å². The molecule has 0 saturated carbocycles. The van der Waals surface area contributed by atoms with E-state index in [1.54, 1.807) is 31.4 Å². The van der Waals surface area contributed by atoms with Gasteiger partial charge in [0.1, 0.15) is 5.75 Å². The van der Waals surface area contributed by atoms with Gasteiger partial charge in [-0.3, -0.25) is 9.59 Å². The van der Waals surface area contributed by atoms with Crippen molar-refractivity contribution in [2.24, 2.45) is 0 Å². The van der Waals surface area contributed by atoms with Crippen LogP contribution in [0.4, 0.5) is 11.4 Å². The number of amides is 2. The number of aromatic nitrogens is 1. The number of nitrogens with one attached hydrogen (secondary N) is 1. The highest BCUT2D eigenvalue weighted by Crippen LogP contribution is 2.27. The first kappa shape index (κ1) is 24.4. The van der Waals surface area contributed by atoms with E-state index in [9.17, 15) is 9.59 Å². The number of carbonyl (C=O) groups excluding carboxylic acids is 2. The second-order valence-electron chi connectivity index (χ2n) is 7.67. The third-order valence-electron chi connectivity index (χ3n) is 5.39. The predicted molar refractivity (Wildman–Crippen MR) is 138 cm³/mol. The third kappa shape index (κ3) is 6.43. The molecule has 1 aliphatic rings. The van der Waals surface area contributed by atoms with Gasteiger partial charge in [0.25, 0.3) is 0 Å². The number of para-hydroxylation sites is 1. The maximum Gasteiger partial charge on any atom is 0.234 e. The second-order valence-corrected chi connectivity index (χ2v) is 10.2. The Kier molecular flexibility index (Phi) is 8.31. The number of carbonyl (C=O) groups is 2. The van der Waals surface area contributed by atoms with E-state index in [1.807, 2.05) is 34.5 Å². The van der Waals surface area contributed by atoms with E-state index in [-0.39, 0.29) is 24.0 Å². The van der Waals surface area contributed by atoms with Crippen LogP contribution >= 0.6 is 34.7 Å². The molecule has 7 nitrogen and oxygen atoms in total. The largest absolute Gasteiger partial charge is 0.497 e. The highest BCUT2D eigenvalue weighted by atomic mass is 35.5. The average Bonchev–Trinajstić information content (AvgIpc) is 3.31. The fourth-order valence-corrected chi connectivity index (χ4v) is 5.51. The van der Waals surface area contributed by atoms with Gasteiger partial charge in [-0.15, -0.1) is 11.3 Å². The molecule has 1 aliphatic heterocycles. The van der Waals surface area contributed by atoms with Gasteiger partial charge in [0, 0.05) is 37.2 Å². The fourth-order valence-electron chi connectivity index (χ4n) is 3.61. The number of nitrogens with zero attached hydrogens (tertiary/aromatic N) is 3. The topological polar surface area (TPSA) is 74.8 Å². The number of benzene rings is 2. The van der Waals surface area contributed by atoms with Crippen molar-refractivity contribution in [3.05, 3.63) is 64.6 Å². The number of halogens is 1. The molecular weight excluding hydrogens is 492 g/mol. The molecule has 0 spiro atoms. The summed E-state index contributed by atoms with van der Waals surface area (Å²) in [6.45, 7) is 2.80. The second kappa shape index (κ2) is 11.6. The maximum atomic E-state index is 12.8. The Morgan fingerprint density at radius 3 is 2.56 bits per heavy atom. The molecule has 4 rings (SSSR count). The molecule has 0 atom stereocenters. The number of thioether (sulfide) groups is 1. The van der Waals surface area contributed by atoms with Crippen LogP contribution in [0.25, 0.3) is 0 Å². The molecule has 2 amide bonds. The normalized spacial score (nSPS) is 13.6. The SMILES string of the molecule is COc1ccc(NC(=O)CSc2nc(CC(=O)N3CCN(c4ccccc4Cl)CC3)cs2)cc1. The molecule has 0 bridgehead atoms. The Labute approximate surface area is 212 Å². The van der Waals surface area contributed by atoms with Gasteiger partial charge in [-0.25, -0.2) is 4.98 Å². The molecular formula is C24H25ClN4O3S2. The van der Waals surface area contributed by atoms with Crippen molar-refractivity contribution in [2.75, 3.05) is 49.3 Å². The third-order valence-corrected chi connectivity index (χ3v) is 7.78. The van der Waals surface area contributed by atoms with Gasteiger partial charge in [-0.2, -0.15) is 0 Å². The van der Waals surface area contributed by atoms with Crippen molar-refractivity contribution in [2.45, 2.75) is 10.8 Å². The molecule has 2 aromatic carbocycles. The predicted octanol–water partition coefficient (Wildman–Crippen LogP) is 4.43. The molecule has 0 aliphatic carbocycles. The Morgan fingerprint density at radius 2 is 1.85 bits per heavy atom. The summed E-state index contributed by atoms with van der Waals surface area (Å²) >= 11 is 9.12. The number of rotatable bonds is 8. The van der Waals surface area contributed by atoms with Gasteiger partial charge in [-0.05, 0) is 36.4 Å². The first-order valence-corrected chi connectivity index (χ1v) is 13.0. The van der Waals surface area contributed by atoms with Crippen LogP contribution in [0.3, 0.4) is 0 Å². The van der Waals surface area contributed by atoms with E-state index in [2.05, 4.69) is 15.2 Å². The van der Waals surface area contributed by atoms with Crippen LogP contribution in [0.2, 0.25) is 5.02 Å². The van der Waals surface area contributed by atoms with Gasteiger partial charge in [0.2, 0.25) is 11.8 Å². The van der Waals surface area contributed by atoms with Crippen molar-refractivity contribution in [3.63, 3.8) is 0 Å². The van der Waals surface area contributed by atoms with Crippen molar-refractivity contribution in [1.82, 2.24) is 9.88 Å². The molecule has 0 unspecified atom stereocenters. The minimum absolute atomic E-state index is 0.0675. The van der Waals surface area contributed by atoms with E-state index in [0.717, 1.165) is 39.6 Å². The summed E-state index contributed by atoms with van der Waals surface area (Å²) < 4.78 is 5.89. The Balaban J connectivity index is 1.21. The van der Waals surface area contributed by atoms with Gasteiger partial charge in [-0.1, -0.05) is 35.5 Å². The molecule has 178 valence electrons. The molecule has 2 heterocycles. The quantitative estimate of drug-likeness (QED) is 0.446. The molecule has 1 saturated heterocycles. The van der Waals surface area contributed by atoms with Crippen molar-refractivity contribution >= 4 is 57.9 Å². The zero-order valence-electron chi connectivity index (χ0n) is 18.7. The summed E-state index contributed by atoms with van der Waals surface area (Å²) in [5.41, 5.74) is 2.46. The van der Waals surface area contributed by atoms with Crippen LogP contribution in [0, 0.1) is 0 Å². The zero-order chi connectivity index (χ0) is 23.9.